The van der Waals surface area contributed by atoms with E-state index in [1.54, 1.807) is 6.07 Å². The van der Waals surface area contributed by atoms with Gasteiger partial charge in [0.2, 0.25) is 0 Å². The molecular formula is C13H16O6. The fraction of sp³-hybridized carbons (Fsp3) is 0.308. The highest BCUT2D eigenvalue weighted by atomic mass is 16.5. The molecule has 1 aromatic rings. The van der Waals surface area contributed by atoms with Gasteiger partial charge < -0.3 is 25.2 Å². The molecule has 2 atom stereocenters. The molecule has 0 amide bonds. The summed E-state index contributed by atoms with van der Waals surface area (Å²) in [5.74, 6) is -0.499. The van der Waals surface area contributed by atoms with Crippen molar-refractivity contribution in [3.05, 3.63) is 29.8 Å². The maximum Gasteiger partial charge on any atom is 0.186 e. The van der Waals surface area contributed by atoms with Crippen LogP contribution in [0.15, 0.2) is 24.3 Å². The Hall–Kier alpha value is -1.89. The summed E-state index contributed by atoms with van der Waals surface area (Å²) in [7, 11) is 1.40. The molecule has 0 saturated heterocycles. The minimum Gasteiger partial charge on any atom is -0.504 e. The summed E-state index contributed by atoms with van der Waals surface area (Å²) in [4.78, 5) is 11.4. The van der Waals surface area contributed by atoms with Crippen LogP contribution in [0.3, 0.4) is 0 Å². The van der Waals surface area contributed by atoms with Crippen LogP contribution in [0.4, 0.5) is 0 Å². The van der Waals surface area contributed by atoms with Crippen LogP contribution in [0.25, 0.3) is 6.08 Å². The van der Waals surface area contributed by atoms with Gasteiger partial charge in [-0.15, -0.1) is 0 Å². The van der Waals surface area contributed by atoms with Gasteiger partial charge in [-0.1, -0.05) is 12.1 Å². The Bertz CT molecular complexity index is 468. The standard InChI is InChI=1S/C13H16O6/c1-19-12-6-8(2-4-9(12)15)3-5-10(16)13(18)11(17)7-14/h2-6,11,13-15,17-18H,7H2,1H3. The van der Waals surface area contributed by atoms with E-state index in [0.29, 0.717) is 5.56 Å². The monoisotopic (exact) mass is 268 g/mol. The maximum atomic E-state index is 11.4. The van der Waals surface area contributed by atoms with Crippen LogP contribution in [-0.4, -0.2) is 52.1 Å². The Morgan fingerprint density at radius 2 is 2.11 bits per heavy atom. The summed E-state index contributed by atoms with van der Waals surface area (Å²) in [5.41, 5.74) is 0.577. The van der Waals surface area contributed by atoms with Gasteiger partial charge in [-0.3, -0.25) is 4.79 Å². The number of aromatic hydroxyl groups is 1. The van der Waals surface area contributed by atoms with Crippen LogP contribution in [0.1, 0.15) is 5.56 Å². The molecule has 1 aromatic carbocycles. The van der Waals surface area contributed by atoms with E-state index in [1.165, 1.54) is 25.3 Å². The number of carbonyl (C=O) groups is 1. The summed E-state index contributed by atoms with van der Waals surface area (Å²) < 4.78 is 4.90. The quantitative estimate of drug-likeness (QED) is 0.528. The second kappa shape index (κ2) is 6.89. The number of aliphatic hydroxyl groups is 3. The molecule has 104 valence electrons. The van der Waals surface area contributed by atoms with E-state index < -0.39 is 24.6 Å². The molecule has 0 radical (unpaired) electrons. The van der Waals surface area contributed by atoms with Crippen LogP contribution in [-0.2, 0) is 4.79 Å². The normalized spacial score (nSPS) is 14.3. The third-order valence-corrected chi connectivity index (χ3v) is 2.49. The first-order valence-electron chi connectivity index (χ1n) is 5.55. The van der Waals surface area contributed by atoms with E-state index in [0.717, 1.165) is 6.08 Å². The maximum absolute atomic E-state index is 11.4. The fourth-order valence-electron chi connectivity index (χ4n) is 1.36. The number of methoxy groups -OCH3 is 1. The molecule has 0 saturated carbocycles. The van der Waals surface area contributed by atoms with Gasteiger partial charge in [-0.05, 0) is 23.8 Å². The van der Waals surface area contributed by atoms with Crippen LogP contribution >= 0.6 is 0 Å². The van der Waals surface area contributed by atoms with E-state index in [-0.39, 0.29) is 11.5 Å². The molecule has 1 rings (SSSR count). The Morgan fingerprint density at radius 3 is 2.68 bits per heavy atom. The number of rotatable bonds is 6. The number of benzene rings is 1. The Morgan fingerprint density at radius 1 is 1.42 bits per heavy atom. The highest BCUT2D eigenvalue weighted by Crippen LogP contribution is 2.26. The zero-order valence-electron chi connectivity index (χ0n) is 10.4. The summed E-state index contributed by atoms with van der Waals surface area (Å²) in [6.07, 6.45) is -0.695. The minimum atomic E-state index is -1.67. The largest absolute Gasteiger partial charge is 0.504 e. The first kappa shape index (κ1) is 15.2. The predicted octanol–water partition coefficient (Wildman–Crippen LogP) is -0.303. The highest BCUT2D eigenvalue weighted by Gasteiger charge is 2.21. The second-order valence-corrected chi connectivity index (χ2v) is 3.86. The summed E-state index contributed by atoms with van der Waals surface area (Å²) in [5, 5.41) is 36.4. The SMILES string of the molecule is COc1cc(C=CC(=O)C(O)C(O)CO)ccc1O. The molecule has 0 heterocycles. The average Bonchev–Trinajstić information content (AvgIpc) is 2.44. The molecule has 19 heavy (non-hydrogen) atoms. The van der Waals surface area contributed by atoms with Crippen LogP contribution in [0.5, 0.6) is 11.5 Å². The lowest BCUT2D eigenvalue weighted by Gasteiger charge is -2.11. The third-order valence-electron chi connectivity index (χ3n) is 2.49. The van der Waals surface area contributed by atoms with Gasteiger partial charge in [0, 0.05) is 0 Å². The molecule has 6 heteroatoms. The first-order chi connectivity index (χ1) is 8.99. The van der Waals surface area contributed by atoms with Crippen LogP contribution < -0.4 is 4.74 Å². The van der Waals surface area contributed by atoms with Crippen molar-refractivity contribution in [3.63, 3.8) is 0 Å². The number of phenolic OH excluding ortho intramolecular Hbond substituents is 1. The van der Waals surface area contributed by atoms with Gasteiger partial charge in [0.1, 0.15) is 12.2 Å². The lowest BCUT2D eigenvalue weighted by Crippen LogP contribution is -2.35. The molecule has 0 aliphatic carbocycles. The van der Waals surface area contributed by atoms with Gasteiger partial charge >= 0.3 is 0 Å². The molecular weight excluding hydrogens is 252 g/mol. The van der Waals surface area contributed by atoms with E-state index in [4.69, 9.17) is 14.9 Å². The number of hydrogen-bond acceptors (Lipinski definition) is 6. The molecule has 0 aliphatic rings. The van der Waals surface area contributed by atoms with E-state index in [9.17, 15) is 15.0 Å². The molecule has 6 nitrogen and oxygen atoms in total. The number of aliphatic hydroxyl groups excluding tert-OH is 3. The molecule has 2 unspecified atom stereocenters. The topological polar surface area (TPSA) is 107 Å². The lowest BCUT2D eigenvalue weighted by molar-refractivity contribution is -0.129. The summed E-state index contributed by atoms with van der Waals surface area (Å²) >= 11 is 0. The second-order valence-electron chi connectivity index (χ2n) is 3.86. The van der Waals surface area contributed by atoms with Crippen molar-refractivity contribution in [2.24, 2.45) is 0 Å². The first-order valence-corrected chi connectivity index (χ1v) is 5.55. The van der Waals surface area contributed by atoms with E-state index in [2.05, 4.69) is 0 Å². The number of hydrogen-bond donors (Lipinski definition) is 4. The van der Waals surface area contributed by atoms with Crippen molar-refractivity contribution in [1.82, 2.24) is 0 Å². The van der Waals surface area contributed by atoms with E-state index >= 15 is 0 Å². The van der Waals surface area contributed by atoms with Crippen molar-refractivity contribution in [2.45, 2.75) is 12.2 Å². The zero-order valence-corrected chi connectivity index (χ0v) is 10.4. The third kappa shape index (κ3) is 4.06. The smallest absolute Gasteiger partial charge is 0.186 e. The number of phenols is 1. The molecule has 0 bridgehead atoms. The van der Waals surface area contributed by atoms with Gasteiger partial charge in [-0.2, -0.15) is 0 Å². The van der Waals surface area contributed by atoms with Crippen LogP contribution in [0.2, 0.25) is 0 Å². The average molecular weight is 268 g/mol. The van der Waals surface area contributed by atoms with E-state index in [1.807, 2.05) is 0 Å². The van der Waals surface area contributed by atoms with Gasteiger partial charge in [-0.25, -0.2) is 0 Å². The van der Waals surface area contributed by atoms with Gasteiger partial charge in [0.05, 0.1) is 13.7 Å². The molecule has 0 spiro atoms. The summed E-state index contributed by atoms with van der Waals surface area (Å²) in [6, 6.07) is 4.46. The summed E-state index contributed by atoms with van der Waals surface area (Å²) in [6.45, 7) is -0.701. The Labute approximate surface area is 110 Å². The molecule has 0 fully saturated rings. The number of ether oxygens (including phenoxy) is 1. The predicted molar refractivity (Wildman–Crippen MR) is 67.8 cm³/mol. The number of ketones is 1. The molecule has 4 N–H and O–H groups in total. The van der Waals surface area contributed by atoms with Gasteiger partial charge in [0.15, 0.2) is 17.3 Å². The van der Waals surface area contributed by atoms with Crippen molar-refractivity contribution in [3.8, 4) is 11.5 Å². The van der Waals surface area contributed by atoms with Crippen molar-refractivity contribution >= 4 is 11.9 Å². The fourth-order valence-corrected chi connectivity index (χ4v) is 1.36. The molecule has 0 aromatic heterocycles. The number of carbonyl (C=O) groups excluding carboxylic acids is 1. The lowest BCUT2D eigenvalue weighted by atomic mass is 10.1. The van der Waals surface area contributed by atoms with Crippen molar-refractivity contribution in [2.75, 3.05) is 13.7 Å². The van der Waals surface area contributed by atoms with Crippen molar-refractivity contribution < 1.29 is 30.0 Å². The Balaban J connectivity index is 2.79. The molecule has 0 aliphatic heterocycles. The van der Waals surface area contributed by atoms with Crippen LogP contribution in [0, 0.1) is 0 Å². The van der Waals surface area contributed by atoms with Gasteiger partial charge in [0.25, 0.3) is 0 Å². The Kier molecular flexibility index (Phi) is 5.50. The minimum absolute atomic E-state index is 0.0262. The highest BCUT2D eigenvalue weighted by molar-refractivity contribution is 5.97. The van der Waals surface area contributed by atoms with Crippen molar-refractivity contribution in [1.29, 1.82) is 0 Å². The zero-order chi connectivity index (χ0) is 14.4.